The Hall–Kier alpha value is -2.54. The van der Waals surface area contributed by atoms with Crippen LogP contribution in [0.4, 0.5) is 0 Å². The lowest BCUT2D eigenvalue weighted by molar-refractivity contribution is 0.102. The summed E-state index contributed by atoms with van der Waals surface area (Å²) in [5.74, 6) is 1.90. The van der Waals surface area contributed by atoms with Gasteiger partial charge in [0.15, 0.2) is 0 Å². The van der Waals surface area contributed by atoms with E-state index in [0.29, 0.717) is 17.6 Å². The quantitative estimate of drug-likeness (QED) is 0.712. The van der Waals surface area contributed by atoms with Gasteiger partial charge in [0.05, 0.1) is 6.04 Å². The summed E-state index contributed by atoms with van der Waals surface area (Å²) in [5, 5.41) is 8.37. The number of rotatable bonds is 5. The smallest absolute Gasteiger partial charge is 0.244 e. The van der Waals surface area contributed by atoms with E-state index >= 15 is 0 Å². The Bertz CT molecular complexity index is 785. The van der Waals surface area contributed by atoms with Crippen LogP contribution < -0.4 is 0 Å². The molecule has 0 radical (unpaired) electrons. The molecular formula is C18H22N6O. The molecule has 0 aliphatic carbocycles. The Morgan fingerprint density at radius 3 is 2.96 bits per heavy atom. The molecule has 7 nitrogen and oxygen atoms in total. The summed E-state index contributed by atoms with van der Waals surface area (Å²) in [7, 11) is 0. The molecule has 0 unspecified atom stereocenters. The second-order valence-electron chi connectivity index (χ2n) is 6.62. The van der Waals surface area contributed by atoms with Gasteiger partial charge in [0, 0.05) is 18.7 Å². The van der Waals surface area contributed by atoms with Crippen molar-refractivity contribution in [1.29, 1.82) is 0 Å². The Kier molecular flexibility index (Phi) is 4.56. The van der Waals surface area contributed by atoms with Gasteiger partial charge < -0.3 is 4.52 Å². The van der Waals surface area contributed by atoms with Gasteiger partial charge in [-0.2, -0.15) is 10.1 Å². The fraction of sp³-hybridized carbons (Fsp3) is 0.444. The third-order valence-corrected chi connectivity index (χ3v) is 4.84. The highest BCUT2D eigenvalue weighted by molar-refractivity contribution is 5.53. The highest BCUT2D eigenvalue weighted by Crippen LogP contribution is 2.27. The van der Waals surface area contributed by atoms with Crippen molar-refractivity contribution in [3.8, 4) is 11.4 Å². The third-order valence-electron chi connectivity index (χ3n) is 4.84. The maximum atomic E-state index is 5.54. The molecule has 1 aliphatic rings. The lowest BCUT2D eigenvalue weighted by Gasteiger charge is -2.35. The van der Waals surface area contributed by atoms with Crippen LogP contribution in [0.15, 0.2) is 47.5 Å². The van der Waals surface area contributed by atoms with Gasteiger partial charge in [-0.05, 0) is 32.2 Å². The van der Waals surface area contributed by atoms with Crippen LogP contribution >= 0.6 is 0 Å². The predicted molar refractivity (Wildman–Crippen MR) is 92.5 cm³/mol. The van der Waals surface area contributed by atoms with Crippen LogP contribution in [0, 0.1) is 5.92 Å². The third kappa shape index (κ3) is 3.61. The fourth-order valence-corrected chi connectivity index (χ4v) is 3.46. The summed E-state index contributed by atoms with van der Waals surface area (Å²) in [5.41, 5.74) is 0.979. The van der Waals surface area contributed by atoms with E-state index in [0.717, 1.165) is 25.2 Å². The van der Waals surface area contributed by atoms with E-state index in [1.54, 1.807) is 12.7 Å². The first-order valence-corrected chi connectivity index (χ1v) is 8.75. The average molecular weight is 338 g/mol. The predicted octanol–water partition coefficient (Wildman–Crippen LogP) is 2.80. The Morgan fingerprint density at radius 2 is 2.16 bits per heavy atom. The molecule has 3 heterocycles. The van der Waals surface area contributed by atoms with Crippen molar-refractivity contribution in [2.24, 2.45) is 5.92 Å². The second kappa shape index (κ2) is 7.14. The Balaban J connectivity index is 1.43. The van der Waals surface area contributed by atoms with Gasteiger partial charge in [-0.25, -0.2) is 4.98 Å². The first-order chi connectivity index (χ1) is 12.3. The van der Waals surface area contributed by atoms with Crippen LogP contribution in [0.2, 0.25) is 0 Å². The summed E-state index contributed by atoms with van der Waals surface area (Å²) >= 11 is 0. The molecule has 1 aliphatic heterocycles. The normalized spacial score (nSPS) is 19.8. The Morgan fingerprint density at radius 1 is 1.28 bits per heavy atom. The molecular weight excluding hydrogens is 316 g/mol. The van der Waals surface area contributed by atoms with E-state index in [1.807, 2.05) is 35.0 Å². The molecule has 0 N–H and O–H groups in total. The number of nitrogens with zero attached hydrogens (tertiary/aromatic N) is 6. The van der Waals surface area contributed by atoms with Crippen LogP contribution in [-0.4, -0.2) is 42.9 Å². The van der Waals surface area contributed by atoms with E-state index in [2.05, 4.69) is 32.0 Å². The van der Waals surface area contributed by atoms with Crippen LogP contribution in [0.25, 0.3) is 11.4 Å². The topological polar surface area (TPSA) is 72.9 Å². The van der Waals surface area contributed by atoms with Crippen molar-refractivity contribution in [3.05, 3.63) is 48.9 Å². The number of likely N-dealkylation sites (tertiary alicyclic amines) is 1. The van der Waals surface area contributed by atoms with E-state index in [9.17, 15) is 0 Å². The maximum Gasteiger partial charge on any atom is 0.244 e. The molecule has 0 bridgehead atoms. The van der Waals surface area contributed by atoms with Gasteiger partial charge in [0.2, 0.25) is 11.7 Å². The van der Waals surface area contributed by atoms with Gasteiger partial charge in [0.25, 0.3) is 0 Å². The largest absolute Gasteiger partial charge is 0.337 e. The molecule has 0 saturated carbocycles. The van der Waals surface area contributed by atoms with E-state index in [-0.39, 0.29) is 6.04 Å². The number of hydrogen-bond donors (Lipinski definition) is 0. The Labute approximate surface area is 146 Å². The summed E-state index contributed by atoms with van der Waals surface area (Å²) in [6.45, 7) is 5.10. The minimum atomic E-state index is 0.114. The first-order valence-electron chi connectivity index (χ1n) is 8.75. The standard InChI is InChI=1S/C18H22N6O/c1-14(18-21-17(22-25-18)16-7-3-2-4-8-16)23-9-5-6-15(10-23)11-24-13-19-12-20-24/h2-4,7-8,12-15H,5-6,9-11H2,1H3/t14-,15-/m0/s1. The highest BCUT2D eigenvalue weighted by Gasteiger charge is 2.28. The molecule has 0 spiro atoms. The van der Waals surface area contributed by atoms with Crippen molar-refractivity contribution in [2.45, 2.75) is 32.4 Å². The average Bonchev–Trinajstić information content (AvgIpc) is 3.34. The van der Waals surface area contributed by atoms with E-state index in [1.165, 1.54) is 12.8 Å². The van der Waals surface area contributed by atoms with Crippen LogP contribution in [0.3, 0.4) is 0 Å². The van der Waals surface area contributed by atoms with Gasteiger partial charge in [-0.15, -0.1) is 0 Å². The summed E-state index contributed by atoms with van der Waals surface area (Å²) in [6, 6.07) is 10.0. The molecule has 4 rings (SSSR count). The summed E-state index contributed by atoms with van der Waals surface area (Å²) in [6.07, 6.45) is 5.75. The van der Waals surface area contributed by atoms with Crippen molar-refractivity contribution in [1.82, 2.24) is 29.8 Å². The molecule has 1 saturated heterocycles. The number of aromatic nitrogens is 5. The van der Waals surface area contributed by atoms with Gasteiger partial charge in [0.1, 0.15) is 12.7 Å². The van der Waals surface area contributed by atoms with Gasteiger partial charge in [-0.3, -0.25) is 9.58 Å². The van der Waals surface area contributed by atoms with Crippen LogP contribution in [0.1, 0.15) is 31.7 Å². The van der Waals surface area contributed by atoms with E-state index < -0.39 is 0 Å². The SMILES string of the molecule is C[C@@H](c1nc(-c2ccccc2)no1)N1CCC[C@H](Cn2cncn2)C1. The van der Waals surface area contributed by atoms with Gasteiger partial charge >= 0.3 is 0 Å². The molecule has 25 heavy (non-hydrogen) atoms. The number of benzene rings is 1. The zero-order chi connectivity index (χ0) is 17.1. The molecule has 2 aromatic heterocycles. The molecule has 1 fully saturated rings. The van der Waals surface area contributed by atoms with Crippen molar-refractivity contribution < 1.29 is 4.52 Å². The summed E-state index contributed by atoms with van der Waals surface area (Å²) in [4.78, 5) is 11.1. The molecule has 2 atom stereocenters. The molecule has 7 heteroatoms. The maximum absolute atomic E-state index is 5.54. The number of piperidine rings is 1. The van der Waals surface area contributed by atoms with Gasteiger partial charge in [-0.1, -0.05) is 35.5 Å². The number of hydrogen-bond acceptors (Lipinski definition) is 6. The van der Waals surface area contributed by atoms with E-state index in [4.69, 9.17) is 4.52 Å². The molecule has 1 aromatic carbocycles. The van der Waals surface area contributed by atoms with Crippen molar-refractivity contribution >= 4 is 0 Å². The zero-order valence-corrected chi connectivity index (χ0v) is 14.3. The minimum Gasteiger partial charge on any atom is -0.337 e. The van der Waals surface area contributed by atoms with Crippen molar-refractivity contribution in [2.75, 3.05) is 13.1 Å². The van der Waals surface area contributed by atoms with Crippen molar-refractivity contribution in [3.63, 3.8) is 0 Å². The zero-order valence-electron chi connectivity index (χ0n) is 14.3. The fourth-order valence-electron chi connectivity index (χ4n) is 3.46. The lowest BCUT2D eigenvalue weighted by atomic mass is 9.97. The molecule has 3 aromatic rings. The highest BCUT2D eigenvalue weighted by atomic mass is 16.5. The molecule has 130 valence electrons. The lowest BCUT2D eigenvalue weighted by Crippen LogP contribution is -2.38. The molecule has 0 amide bonds. The first kappa shape index (κ1) is 16.0. The minimum absolute atomic E-state index is 0.114. The van der Waals surface area contributed by atoms with Crippen LogP contribution in [-0.2, 0) is 6.54 Å². The van der Waals surface area contributed by atoms with Crippen LogP contribution in [0.5, 0.6) is 0 Å². The monoisotopic (exact) mass is 338 g/mol. The summed E-state index contributed by atoms with van der Waals surface area (Å²) < 4.78 is 7.46. The second-order valence-corrected chi connectivity index (χ2v) is 6.62.